The van der Waals surface area contributed by atoms with Gasteiger partial charge >= 0.3 is 0 Å². The number of aromatic nitrogens is 3. The third-order valence-corrected chi connectivity index (χ3v) is 3.56. The van der Waals surface area contributed by atoms with Crippen LogP contribution in [0.2, 0.25) is 0 Å². The van der Waals surface area contributed by atoms with Gasteiger partial charge in [-0.2, -0.15) is 0 Å². The van der Waals surface area contributed by atoms with Crippen molar-refractivity contribution in [2.75, 3.05) is 0 Å². The maximum Gasteiger partial charge on any atom is 0.0948 e. The standard InChI is InChI=1S/C17H18N4/c18-17(14-6-2-1-3-7-14)16-12-19-13-21(16)11-9-15-8-4-5-10-20-15/h1-8,10,12-13,17H,9,11,18H2. The van der Waals surface area contributed by atoms with Crippen molar-refractivity contribution in [2.24, 2.45) is 5.73 Å². The van der Waals surface area contributed by atoms with E-state index in [2.05, 4.69) is 14.5 Å². The molecule has 0 saturated carbocycles. The Kier molecular flexibility index (Phi) is 4.07. The van der Waals surface area contributed by atoms with Gasteiger partial charge in [0.25, 0.3) is 0 Å². The first-order valence-electron chi connectivity index (χ1n) is 7.05. The summed E-state index contributed by atoms with van der Waals surface area (Å²) < 4.78 is 2.10. The average Bonchev–Trinajstić information content (AvgIpc) is 3.02. The van der Waals surface area contributed by atoms with Gasteiger partial charge in [0.05, 0.1) is 24.3 Å². The van der Waals surface area contributed by atoms with Crippen LogP contribution in [-0.4, -0.2) is 14.5 Å². The predicted octanol–water partition coefficient (Wildman–Crippen LogP) is 2.57. The van der Waals surface area contributed by atoms with Gasteiger partial charge in [-0.3, -0.25) is 4.98 Å². The Hall–Kier alpha value is -2.46. The molecule has 2 heterocycles. The molecule has 0 fully saturated rings. The van der Waals surface area contributed by atoms with Crippen LogP contribution >= 0.6 is 0 Å². The number of pyridine rings is 1. The lowest BCUT2D eigenvalue weighted by Crippen LogP contribution is -2.17. The number of imidazole rings is 1. The predicted molar refractivity (Wildman–Crippen MR) is 82.6 cm³/mol. The minimum atomic E-state index is -0.155. The lowest BCUT2D eigenvalue weighted by atomic mass is 10.1. The van der Waals surface area contributed by atoms with Gasteiger partial charge in [0.15, 0.2) is 0 Å². The molecule has 2 aromatic heterocycles. The van der Waals surface area contributed by atoms with Crippen molar-refractivity contribution >= 4 is 0 Å². The molecular weight excluding hydrogens is 260 g/mol. The molecule has 4 heteroatoms. The van der Waals surface area contributed by atoms with Crippen molar-refractivity contribution in [3.63, 3.8) is 0 Å². The Balaban J connectivity index is 1.75. The largest absolute Gasteiger partial charge is 0.333 e. The van der Waals surface area contributed by atoms with E-state index in [1.165, 1.54) is 0 Å². The van der Waals surface area contributed by atoms with Gasteiger partial charge < -0.3 is 10.3 Å². The summed E-state index contributed by atoms with van der Waals surface area (Å²) in [6, 6.07) is 15.9. The zero-order valence-electron chi connectivity index (χ0n) is 11.8. The lowest BCUT2D eigenvalue weighted by molar-refractivity contribution is 0.630. The quantitative estimate of drug-likeness (QED) is 0.780. The van der Waals surface area contributed by atoms with Crippen molar-refractivity contribution in [2.45, 2.75) is 19.0 Å². The molecular formula is C17H18N4. The molecule has 0 aliphatic rings. The highest BCUT2D eigenvalue weighted by Crippen LogP contribution is 2.19. The van der Waals surface area contributed by atoms with Crippen LogP contribution in [0.4, 0.5) is 0 Å². The third-order valence-electron chi connectivity index (χ3n) is 3.56. The molecule has 0 amide bonds. The van der Waals surface area contributed by atoms with Crippen LogP contribution in [0.1, 0.15) is 23.0 Å². The van der Waals surface area contributed by atoms with Gasteiger partial charge in [-0.1, -0.05) is 36.4 Å². The maximum atomic E-state index is 6.35. The van der Waals surface area contributed by atoms with E-state index in [0.29, 0.717) is 0 Å². The summed E-state index contributed by atoms with van der Waals surface area (Å²) in [7, 11) is 0. The Bertz CT molecular complexity index is 676. The first kappa shape index (κ1) is 13.5. The van der Waals surface area contributed by atoms with Crippen LogP contribution in [-0.2, 0) is 13.0 Å². The molecule has 1 aromatic carbocycles. The normalized spacial score (nSPS) is 12.2. The Labute approximate surface area is 124 Å². The summed E-state index contributed by atoms with van der Waals surface area (Å²) in [5.41, 5.74) is 9.55. The third kappa shape index (κ3) is 3.17. The first-order chi connectivity index (χ1) is 10.3. The van der Waals surface area contributed by atoms with Gasteiger partial charge in [-0.05, 0) is 17.7 Å². The zero-order chi connectivity index (χ0) is 14.5. The number of nitrogens with two attached hydrogens (primary N) is 1. The number of rotatable bonds is 5. The fourth-order valence-electron chi connectivity index (χ4n) is 2.39. The molecule has 0 aliphatic heterocycles. The van der Waals surface area contributed by atoms with Crippen molar-refractivity contribution in [3.8, 4) is 0 Å². The van der Waals surface area contributed by atoms with Crippen molar-refractivity contribution < 1.29 is 0 Å². The van der Waals surface area contributed by atoms with Crippen molar-refractivity contribution in [1.82, 2.24) is 14.5 Å². The first-order valence-corrected chi connectivity index (χ1v) is 7.05. The highest BCUT2D eigenvalue weighted by molar-refractivity contribution is 5.26. The second-order valence-electron chi connectivity index (χ2n) is 4.97. The average molecular weight is 278 g/mol. The molecule has 1 atom stereocenters. The van der Waals surface area contributed by atoms with Crippen molar-refractivity contribution in [3.05, 3.63) is 84.2 Å². The lowest BCUT2D eigenvalue weighted by Gasteiger charge is -2.15. The summed E-state index contributed by atoms with van der Waals surface area (Å²) >= 11 is 0. The summed E-state index contributed by atoms with van der Waals surface area (Å²) in [4.78, 5) is 8.59. The molecule has 3 rings (SSSR count). The number of hydrogen-bond donors (Lipinski definition) is 1. The van der Waals surface area contributed by atoms with E-state index in [0.717, 1.165) is 29.9 Å². The van der Waals surface area contributed by atoms with Crippen LogP contribution in [0.5, 0.6) is 0 Å². The van der Waals surface area contributed by atoms with Crippen LogP contribution in [0, 0.1) is 0 Å². The number of hydrogen-bond acceptors (Lipinski definition) is 3. The zero-order valence-corrected chi connectivity index (χ0v) is 11.8. The second kappa shape index (κ2) is 6.33. The molecule has 106 valence electrons. The SMILES string of the molecule is NC(c1ccccc1)c1cncn1CCc1ccccn1. The van der Waals surface area contributed by atoms with E-state index in [4.69, 9.17) is 5.73 Å². The fourth-order valence-corrected chi connectivity index (χ4v) is 2.39. The molecule has 4 nitrogen and oxygen atoms in total. The molecule has 0 spiro atoms. The summed E-state index contributed by atoms with van der Waals surface area (Å²) in [6.07, 6.45) is 6.36. The van der Waals surface area contributed by atoms with Crippen LogP contribution in [0.25, 0.3) is 0 Å². The summed E-state index contributed by atoms with van der Waals surface area (Å²) in [6.45, 7) is 0.826. The van der Waals surface area contributed by atoms with E-state index in [-0.39, 0.29) is 6.04 Å². The second-order valence-corrected chi connectivity index (χ2v) is 4.97. The van der Waals surface area contributed by atoms with Crippen LogP contribution < -0.4 is 5.73 Å². The van der Waals surface area contributed by atoms with E-state index >= 15 is 0 Å². The maximum absolute atomic E-state index is 6.35. The molecule has 1 unspecified atom stereocenters. The van der Waals surface area contributed by atoms with E-state index < -0.39 is 0 Å². The Morgan fingerprint density at radius 3 is 2.62 bits per heavy atom. The summed E-state index contributed by atoms with van der Waals surface area (Å²) in [5.74, 6) is 0. The highest BCUT2D eigenvalue weighted by atomic mass is 15.1. The van der Waals surface area contributed by atoms with Gasteiger partial charge in [0.2, 0.25) is 0 Å². The van der Waals surface area contributed by atoms with Gasteiger partial charge in [-0.15, -0.1) is 0 Å². The topological polar surface area (TPSA) is 56.7 Å². The van der Waals surface area contributed by atoms with Gasteiger partial charge in [0, 0.05) is 24.9 Å². The molecule has 0 saturated heterocycles. The summed E-state index contributed by atoms with van der Waals surface area (Å²) in [5, 5.41) is 0. The minimum Gasteiger partial charge on any atom is -0.333 e. The van der Waals surface area contributed by atoms with Gasteiger partial charge in [-0.25, -0.2) is 4.98 Å². The molecule has 0 radical (unpaired) electrons. The highest BCUT2D eigenvalue weighted by Gasteiger charge is 2.13. The smallest absolute Gasteiger partial charge is 0.0948 e. The van der Waals surface area contributed by atoms with E-state index in [9.17, 15) is 0 Å². The monoisotopic (exact) mass is 278 g/mol. The molecule has 2 N–H and O–H groups in total. The fraction of sp³-hybridized carbons (Fsp3) is 0.176. The van der Waals surface area contributed by atoms with Crippen LogP contribution in [0.3, 0.4) is 0 Å². The molecule has 0 bridgehead atoms. The molecule has 0 aliphatic carbocycles. The molecule has 3 aromatic rings. The minimum absolute atomic E-state index is 0.155. The molecule has 21 heavy (non-hydrogen) atoms. The number of nitrogens with zero attached hydrogens (tertiary/aromatic N) is 3. The Morgan fingerprint density at radius 2 is 1.86 bits per heavy atom. The van der Waals surface area contributed by atoms with Crippen LogP contribution in [0.15, 0.2) is 67.3 Å². The van der Waals surface area contributed by atoms with Crippen molar-refractivity contribution in [1.29, 1.82) is 0 Å². The van der Waals surface area contributed by atoms with E-state index in [1.54, 1.807) is 0 Å². The Morgan fingerprint density at radius 1 is 1.05 bits per heavy atom. The van der Waals surface area contributed by atoms with E-state index in [1.807, 2.05) is 67.3 Å². The van der Waals surface area contributed by atoms with Gasteiger partial charge in [0.1, 0.15) is 0 Å². The number of benzene rings is 1. The number of aryl methyl sites for hydroxylation is 2.